The highest BCUT2D eigenvalue weighted by Crippen LogP contribution is 2.41. The Morgan fingerprint density at radius 2 is 1.76 bits per heavy atom. The smallest absolute Gasteiger partial charge is 0.0348 e. The van der Waals surface area contributed by atoms with Crippen LogP contribution >= 0.6 is 0 Å². The van der Waals surface area contributed by atoms with Crippen molar-refractivity contribution in [2.45, 2.75) is 51.0 Å². The fourth-order valence-electron chi connectivity index (χ4n) is 3.35. The van der Waals surface area contributed by atoms with Crippen LogP contribution in [0.3, 0.4) is 0 Å². The zero-order valence-corrected chi connectivity index (χ0v) is 10.8. The molecule has 3 rings (SSSR count). The molecule has 0 amide bonds. The van der Waals surface area contributed by atoms with Gasteiger partial charge in [-0.25, -0.2) is 0 Å². The van der Waals surface area contributed by atoms with E-state index in [9.17, 15) is 0 Å². The summed E-state index contributed by atoms with van der Waals surface area (Å²) in [5, 5.41) is 3.73. The molecule has 17 heavy (non-hydrogen) atoms. The summed E-state index contributed by atoms with van der Waals surface area (Å²) in [6.07, 6.45) is 6.93. The molecule has 1 aliphatic heterocycles. The molecule has 2 atom stereocenters. The van der Waals surface area contributed by atoms with Crippen molar-refractivity contribution in [1.29, 1.82) is 0 Å². The van der Waals surface area contributed by atoms with Gasteiger partial charge in [0.25, 0.3) is 0 Å². The Morgan fingerprint density at radius 3 is 2.41 bits per heavy atom. The molecule has 1 saturated heterocycles. The molecule has 1 aliphatic carbocycles. The van der Waals surface area contributed by atoms with Crippen molar-refractivity contribution in [2.75, 3.05) is 6.54 Å². The summed E-state index contributed by atoms with van der Waals surface area (Å²) >= 11 is 0. The Bertz CT molecular complexity index is 381. The third kappa shape index (κ3) is 2.13. The standard InChI is InChI=1S/C16H23N/c1-12-6-5-11-17-16(12)15-10-3-2-9-14(15)13-7-4-8-13/h2-3,9-10,12-13,16-17H,4-8,11H2,1H3. The van der Waals surface area contributed by atoms with Gasteiger partial charge in [0.05, 0.1) is 0 Å². The van der Waals surface area contributed by atoms with Crippen LogP contribution in [0.5, 0.6) is 0 Å². The fraction of sp³-hybridized carbons (Fsp3) is 0.625. The zero-order chi connectivity index (χ0) is 11.7. The normalized spacial score (nSPS) is 29.9. The molecular formula is C16H23N. The summed E-state index contributed by atoms with van der Waals surface area (Å²) in [7, 11) is 0. The monoisotopic (exact) mass is 229 g/mol. The Morgan fingerprint density at radius 1 is 1.00 bits per heavy atom. The van der Waals surface area contributed by atoms with Crippen LogP contribution in [0.2, 0.25) is 0 Å². The number of rotatable bonds is 2. The van der Waals surface area contributed by atoms with Crippen molar-refractivity contribution in [3.63, 3.8) is 0 Å². The van der Waals surface area contributed by atoms with Crippen molar-refractivity contribution >= 4 is 0 Å². The second-order valence-electron chi connectivity index (χ2n) is 5.81. The van der Waals surface area contributed by atoms with E-state index in [0.717, 1.165) is 11.8 Å². The molecule has 1 saturated carbocycles. The number of hydrogen-bond acceptors (Lipinski definition) is 1. The first-order chi connectivity index (χ1) is 8.36. The lowest BCUT2D eigenvalue weighted by Crippen LogP contribution is -2.34. The van der Waals surface area contributed by atoms with E-state index in [0.29, 0.717) is 6.04 Å². The molecule has 2 fully saturated rings. The van der Waals surface area contributed by atoms with Gasteiger partial charge >= 0.3 is 0 Å². The average molecular weight is 229 g/mol. The summed E-state index contributed by atoms with van der Waals surface area (Å²) in [5.41, 5.74) is 3.22. The molecule has 0 aromatic heterocycles. The van der Waals surface area contributed by atoms with E-state index in [4.69, 9.17) is 0 Å². The molecule has 0 bridgehead atoms. The minimum absolute atomic E-state index is 0.598. The van der Waals surface area contributed by atoms with Crippen LogP contribution in [-0.2, 0) is 0 Å². The second kappa shape index (κ2) is 4.81. The summed E-state index contributed by atoms with van der Waals surface area (Å²) in [6.45, 7) is 3.59. The van der Waals surface area contributed by atoms with E-state index in [1.807, 2.05) is 0 Å². The molecule has 1 aromatic rings. The predicted molar refractivity (Wildman–Crippen MR) is 72.2 cm³/mol. The summed E-state index contributed by atoms with van der Waals surface area (Å²) in [4.78, 5) is 0. The minimum atomic E-state index is 0.598. The highest BCUT2D eigenvalue weighted by atomic mass is 14.9. The Balaban J connectivity index is 1.89. The lowest BCUT2D eigenvalue weighted by atomic mass is 9.75. The average Bonchev–Trinajstić information content (AvgIpc) is 2.29. The van der Waals surface area contributed by atoms with Crippen LogP contribution in [-0.4, -0.2) is 6.54 Å². The molecule has 2 aliphatic rings. The van der Waals surface area contributed by atoms with Gasteiger partial charge in [0.1, 0.15) is 0 Å². The Labute approximate surface area is 105 Å². The summed E-state index contributed by atoms with van der Waals surface area (Å²) in [5.74, 6) is 1.63. The topological polar surface area (TPSA) is 12.0 Å². The summed E-state index contributed by atoms with van der Waals surface area (Å²) < 4.78 is 0. The first-order valence-electron chi connectivity index (χ1n) is 7.18. The van der Waals surface area contributed by atoms with Crippen LogP contribution in [0, 0.1) is 5.92 Å². The van der Waals surface area contributed by atoms with Gasteiger partial charge in [0.2, 0.25) is 0 Å². The first-order valence-corrected chi connectivity index (χ1v) is 7.18. The Kier molecular flexibility index (Phi) is 3.19. The van der Waals surface area contributed by atoms with Gasteiger partial charge in [-0.2, -0.15) is 0 Å². The molecule has 0 spiro atoms. The van der Waals surface area contributed by atoms with Crippen molar-refractivity contribution in [3.8, 4) is 0 Å². The zero-order valence-electron chi connectivity index (χ0n) is 10.8. The van der Waals surface area contributed by atoms with E-state index in [2.05, 4.69) is 36.5 Å². The van der Waals surface area contributed by atoms with Crippen LogP contribution in [0.15, 0.2) is 24.3 Å². The van der Waals surface area contributed by atoms with E-state index >= 15 is 0 Å². The minimum Gasteiger partial charge on any atom is -0.310 e. The number of hydrogen-bond donors (Lipinski definition) is 1. The molecule has 92 valence electrons. The number of benzene rings is 1. The van der Waals surface area contributed by atoms with Gasteiger partial charge in [0, 0.05) is 6.04 Å². The van der Waals surface area contributed by atoms with Gasteiger partial charge in [-0.3, -0.25) is 0 Å². The molecule has 2 unspecified atom stereocenters. The van der Waals surface area contributed by atoms with Gasteiger partial charge in [-0.15, -0.1) is 0 Å². The third-order valence-corrected chi connectivity index (χ3v) is 4.65. The van der Waals surface area contributed by atoms with E-state index in [-0.39, 0.29) is 0 Å². The maximum atomic E-state index is 3.73. The van der Waals surface area contributed by atoms with Crippen LogP contribution in [0.1, 0.15) is 62.1 Å². The molecule has 1 aromatic carbocycles. The van der Waals surface area contributed by atoms with Crippen molar-refractivity contribution in [2.24, 2.45) is 5.92 Å². The maximum absolute atomic E-state index is 3.73. The molecule has 1 N–H and O–H groups in total. The fourth-order valence-corrected chi connectivity index (χ4v) is 3.35. The van der Waals surface area contributed by atoms with Crippen LogP contribution in [0.4, 0.5) is 0 Å². The van der Waals surface area contributed by atoms with Crippen molar-refractivity contribution < 1.29 is 0 Å². The third-order valence-electron chi connectivity index (χ3n) is 4.65. The highest BCUT2D eigenvalue weighted by molar-refractivity contribution is 5.34. The van der Waals surface area contributed by atoms with E-state index in [1.54, 1.807) is 11.1 Å². The van der Waals surface area contributed by atoms with Gasteiger partial charge in [0.15, 0.2) is 0 Å². The molecular weight excluding hydrogens is 206 g/mol. The van der Waals surface area contributed by atoms with Crippen LogP contribution in [0.25, 0.3) is 0 Å². The second-order valence-corrected chi connectivity index (χ2v) is 5.81. The predicted octanol–water partition coefficient (Wildman–Crippen LogP) is 4.01. The van der Waals surface area contributed by atoms with Gasteiger partial charge < -0.3 is 5.32 Å². The highest BCUT2D eigenvalue weighted by Gasteiger charge is 2.28. The first kappa shape index (κ1) is 11.3. The van der Waals surface area contributed by atoms with Crippen molar-refractivity contribution in [1.82, 2.24) is 5.32 Å². The van der Waals surface area contributed by atoms with E-state index in [1.165, 1.54) is 38.6 Å². The van der Waals surface area contributed by atoms with Gasteiger partial charge in [-0.05, 0) is 55.2 Å². The number of nitrogens with one attached hydrogen (secondary N) is 1. The Hall–Kier alpha value is -0.820. The van der Waals surface area contributed by atoms with Crippen LogP contribution < -0.4 is 5.32 Å². The molecule has 1 heterocycles. The molecule has 1 nitrogen and oxygen atoms in total. The lowest BCUT2D eigenvalue weighted by Gasteiger charge is -2.35. The molecule has 0 radical (unpaired) electrons. The summed E-state index contributed by atoms with van der Waals surface area (Å²) in [6, 6.07) is 9.74. The van der Waals surface area contributed by atoms with Crippen molar-refractivity contribution in [3.05, 3.63) is 35.4 Å². The number of piperidine rings is 1. The largest absolute Gasteiger partial charge is 0.310 e. The quantitative estimate of drug-likeness (QED) is 0.808. The SMILES string of the molecule is CC1CCCNC1c1ccccc1C1CCC1. The van der Waals surface area contributed by atoms with E-state index < -0.39 is 0 Å². The lowest BCUT2D eigenvalue weighted by molar-refractivity contribution is 0.300. The molecule has 1 heteroatoms. The van der Waals surface area contributed by atoms with Gasteiger partial charge in [-0.1, -0.05) is 37.6 Å². The maximum Gasteiger partial charge on any atom is 0.0348 e.